The van der Waals surface area contributed by atoms with E-state index in [1.165, 1.54) is 0 Å². The van der Waals surface area contributed by atoms with Crippen molar-refractivity contribution in [2.75, 3.05) is 11.4 Å². The van der Waals surface area contributed by atoms with Gasteiger partial charge in [-0.15, -0.1) is 0 Å². The third kappa shape index (κ3) is 2.92. The van der Waals surface area contributed by atoms with Crippen LogP contribution in [0.15, 0.2) is 18.2 Å². The van der Waals surface area contributed by atoms with Crippen molar-refractivity contribution in [3.05, 3.63) is 23.8 Å². The number of fused-ring (bicyclic) bond motifs is 1. The van der Waals surface area contributed by atoms with E-state index >= 15 is 0 Å². The summed E-state index contributed by atoms with van der Waals surface area (Å²) in [4.78, 5) is 13.9. The van der Waals surface area contributed by atoms with Crippen molar-refractivity contribution in [3.63, 3.8) is 0 Å². The van der Waals surface area contributed by atoms with Crippen molar-refractivity contribution in [3.8, 4) is 5.75 Å². The SMILES string of the molecule is CCC1(CC)CN(C(C(=O)O)C(C)C)c2cc(C)ccc2O1. The smallest absolute Gasteiger partial charge is 0.326 e. The summed E-state index contributed by atoms with van der Waals surface area (Å²) >= 11 is 0. The molecule has 0 bridgehead atoms. The average molecular weight is 305 g/mol. The zero-order chi connectivity index (χ0) is 16.5. The third-order valence-electron chi connectivity index (χ3n) is 4.72. The van der Waals surface area contributed by atoms with Gasteiger partial charge in [0.2, 0.25) is 0 Å². The van der Waals surface area contributed by atoms with Gasteiger partial charge in [0.1, 0.15) is 17.4 Å². The molecule has 0 spiro atoms. The van der Waals surface area contributed by atoms with Gasteiger partial charge >= 0.3 is 5.97 Å². The number of nitrogens with zero attached hydrogens (tertiary/aromatic N) is 1. The number of carboxylic acids is 1. The Hall–Kier alpha value is -1.71. The van der Waals surface area contributed by atoms with Crippen LogP contribution >= 0.6 is 0 Å². The molecule has 1 N–H and O–H groups in total. The van der Waals surface area contributed by atoms with Gasteiger partial charge in [-0.3, -0.25) is 0 Å². The Morgan fingerprint density at radius 3 is 2.50 bits per heavy atom. The molecule has 1 aliphatic rings. The maximum Gasteiger partial charge on any atom is 0.326 e. The molecule has 4 nitrogen and oxygen atoms in total. The average Bonchev–Trinajstić information content (AvgIpc) is 2.46. The second kappa shape index (κ2) is 6.19. The van der Waals surface area contributed by atoms with Crippen LogP contribution in [0.5, 0.6) is 5.75 Å². The standard InChI is InChI=1S/C18H27NO3/c1-6-18(7-2)11-19(16(12(3)4)17(20)21)14-10-13(5)8-9-15(14)22-18/h8-10,12,16H,6-7,11H2,1-5H3,(H,20,21). The molecule has 0 aromatic heterocycles. The number of aliphatic carboxylic acids is 1. The summed E-state index contributed by atoms with van der Waals surface area (Å²) in [6.07, 6.45) is 1.72. The Bertz CT molecular complexity index is 549. The minimum Gasteiger partial charge on any atom is -0.483 e. The largest absolute Gasteiger partial charge is 0.483 e. The topological polar surface area (TPSA) is 49.8 Å². The van der Waals surface area contributed by atoms with Crippen LogP contribution in [-0.2, 0) is 4.79 Å². The number of aryl methyl sites for hydroxylation is 1. The number of anilines is 1. The normalized spacial score (nSPS) is 17.8. The van der Waals surface area contributed by atoms with Gasteiger partial charge in [0.05, 0.1) is 12.2 Å². The second-order valence-corrected chi connectivity index (χ2v) is 6.62. The molecule has 0 fully saturated rings. The van der Waals surface area contributed by atoms with E-state index < -0.39 is 12.0 Å². The number of carbonyl (C=O) groups is 1. The molecule has 22 heavy (non-hydrogen) atoms. The van der Waals surface area contributed by atoms with Gasteiger partial charge in [-0.25, -0.2) is 4.79 Å². The zero-order valence-electron chi connectivity index (χ0n) is 14.2. The third-order valence-corrected chi connectivity index (χ3v) is 4.72. The Morgan fingerprint density at radius 1 is 1.36 bits per heavy atom. The summed E-state index contributed by atoms with van der Waals surface area (Å²) < 4.78 is 6.28. The molecule has 2 rings (SSSR count). The van der Waals surface area contributed by atoms with Crippen LogP contribution in [-0.4, -0.2) is 29.3 Å². The van der Waals surface area contributed by atoms with Gasteiger partial charge in [0, 0.05) is 0 Å². The van der Waals surface area contributed by atoms with Crippen molar-refractivity contribution in [2.24, 2.45) is 5.92 Å². The number of carboxylic acid groups (broad SMARTS) is 1. The molecular formula is C18H27NO3. The molecule has 1 aromatic rings. The number of hydrogen-bond donors (Lipinski definition) is 1. The van der Waals surface area contributed by atoms with Crippen LogP contribution < -0.4 is 9.64 Å². The van der Waals surface area contributed by atoms with Crippen LogP contribution in [0.2, 0.25) is 0 Å². The summed E-state index contributed by atoms with van der Waals surface area (Å²) in [5.41, 5.74) is 1.70. The van der Waals surface area contributed by atoms with Gasteiger partial charge in [-0.2, -0.15) is 0 Å². The number of hydrogen-bond acceptors (Lipinski definition) is 3. The van der Waals surface area contributed by atoms with Crippen molar-refractivity contribution in [1.82, 2.24) is 0 Å². The van der Waals surface area contributed by atoms with E-state index in [0.717, 1.165) is 29.8 Å². The minimum atomic E-state index is -0.773. The van der Waals surface area contributed by atoms with Crippen LogP contribution in [0.1, 0.15) is 46.1 Å². The van der Waals surface area contributed by atoms with Crippen molar-refractivity contribution in [1.29, 1.82) is 0 Å². The van der Waals surface area contributed by atoms with E-state index in [-0.39, 0.29) is 11.5 Å². The first kappa shape index (κ1) is 16.7. The minimum absolute atomic E-state index is 0.0235. The molecule has 1 heterocycles. The molecule has 0 radical (unpaired) electrons. The van der Waals surface area contributed by atoms with E-state index in [1.54, 1.807) is 0 Å². The fourth-order valence-electron chi connectivity index (χ4n) is 3.24. The lowest BCUT2D eigenvalue weighted by molar-refractivity contribution is -0.140. The maximum atomic E-state index is 11.8. The fraction of sp³-hybridized carbons (Fsp3) is 0.611. The van der Waals surface area contributed by atoms with E-state index in [0.29, 0.717) is 6.54 Å². The summed E-state index contributed by atoms with van der Waals surface area (Å²) in [6, 6.07) is 5.48. The highest BCUT2D eigenvalue weighted by Crippen LogP contribution is 2.42. The van der Waals surface area contributed by atoms with Gasteiger partial charge in [-0.1, -0.05) is 33.8 Å². The second-order valence-electron chi connectivity index (χ2n) is 6.62. The maximum absolute atomic E-state index is 11.8. The molecule has 1 atom stereocenters. The van der Waals surface area contributed by atoms with E-state index in [2.05, 4.69) is 13.8 Å². The van der Waals surface area contributed by atoms with Crippen molar-refractivity contribution < 1.29 is 14.6 Å². The van der Waals surface area contributed by atoms with Crippen LogP contribution in [0.4, 0.5) is 5.69 Å². The monoisotopic (exact) mass is 305 g/mol. The quantitative estimate of drug-likeness (QED) is 0.897. The lowest BCUT2D eigenvalue weighted by atomic mass is 9.91. The summed E-state index contributed by atoms with van der Waals surface area (Å²) in [5, 5.41) is 9.72. The summed E-state index contributed by atoms with van der Waals surface area (Å²) in [7, 11) is 0. The lowest BCUT2D eigenvalue weighted by Gasteiger charge is -2.47. The van der Waals surface area contributed by atoms with Gasteiger partial charge in [0.15, 0.2) is 0 Å². The Balaban J connectivity index is 2.55. The van der Waals surface area contributed by atoms with E-state index in [1.807, 2.05) is 43.9 Å². The Labute approximate surface area is 133 Å². The molecule has 0 saturated heterocycles. The highest BCUT2D eigenvalue weighted by molar-refractivity contribution is 5.80. The van der Waals surface area contributed by atoms with Crippen LogP contribution in [0, 0.1) is 12.8 Å². The molecule has 1 aromatic carbocycles. The first-order valence-corrected chi connectivity index (χ1v) is 8.12. The molecular weight excluding hydrogens is 278 g/mol. The highest BCUT2D eigenvalue weighted by Gasteiger charge is 2.42. The molecule has 0 amide bonds. The number of ether oxygens (including phenoxy) is 1. The molecule has 1 unspecified atom stereocenters. The zero-order valence-corrected chi connectivity index (χ0v) is 14.2. The molecule has 122 valence electrons. The fourth-order valence-corrected chi connectivity index (χ4v) is 3.24. The predicted octanol–water partition coefficient (Wildman–Crippen LogP) is 3.86. The molecule has 0 saturated carbocycles. The van der Waals surface area contributed by atoms with Gasteiger partial charge in [-0.05, 0) is 43.4 Å². The van der Waals surface area contributed by atoms with E-state index in [4.69, 9.17) is 4.74 Å². The van der Waals surface area contributed by atoms with Crippen molar-refractivity contribution >= 4 is 11.7 Å². The van der Waals surface area contributed by atoms with Crippen LogP contribution in [0.3, 0.4) is 0 Å². The Morgan fingerprint density at radius 2 is 2.00 bits per heavy atom. The molecule has 1 aliphatic heterocycles. The van der Waals surface area contributed by atoms with Crippen molar-refractivity contribution in [2.45, 2.75) is 59.1 Å². The highest BCUT2D eigenvalue weighted by atomic mass is 16.5. The summed E-state index contributed by atoms with van der Waals surface area (Å²) in [6.45, 7) is 10.8. The van der Waals surface area contributed by atoms with Crippen LogP contribution in [0.25, 0.3) is 0 Å². The number of benzene rings is 1. The Kier molecular flexibility index (Phi) is 4.69. The predicted molar refractivity (Wildman–Crippen MR) is 88.7 cm³/mol. The molecule has 0 aliphatic carbocycles. The first-order valence-electron chi connectivity index (χ1n) is 8.12. The lowest BCUT2D eigenvalue weighted by Crippen LogP contribution is -2.57. The summed E-state index contributed by atoms with van der Waals surface area (Å²) in [5.74, 6) is 0.0493. The van der Waals surface area contributed by atoms with Gasteiger partial charge in [0.25, 0.3) is 0 Å². The molecule has 4 heteroatoms. The van der Waals surface area contributed by atoms with E-state index in [9.17, 15) is 9.90 Å². The number of rotatable bonds is 5. The van der Waals surface area contributed by atoms with Gasteiger partial charge < -0.3 is 14.7 Å². The first-order chi connectivity index (χ1) is 10.3.